The van der Waals surface area contributed by atoms with Crippen molar-refractivity contribution >= 4 is 25.0 Å². The monoisotopic (exact) mass is 194 g/mol. The highest BCUT2D eigenvalue weighted by Gasteiger charge is 2.02. The molecule has 0 heterocycles. The maximum atomic E-state index is 10.6. The van der Waals surface area contributed by atoms with E-state index in [2.05, 4.69) is 12.6 Å². The first-order valence-corrected chi connectivity index (χ1v) is 4.47. The van der Waals surface area contributed by atoms with Crippen LogP contribution in [0.5, 0.6) is 5.75 Å². The van der Waals surface area contributed by atoms with Crippen LogP contribution in [0.4, 0.5) is 0 Å². The molecule has 0 aliphatic heterocycles. The number of aromatic hydroxyl groups is 1. The molecule has 0 aromatic heterocycles. The lowest BCUT2D eigenvalue weighted by atomic mass is 10.1. The Morgan fingerprint density at radius 3 is 2.85 bits per heavy atom. The average Bonchev–Trinajstić information content (AvgIpc) is 2.15. The number of hydrogen-bond acceptors (Lipinski definition) is 3. The largest absolute Gasteiger partial charge is 0.507 e. The molecule has 13 heavy (non-hydrogen) atoms. The molecule has 0 saturated carbocycles. The minimum Gasteiger partial charge on any atom is -0.507 e. The van der Waals surface area contributed by atoms with Crippen molar-refractivity contribution in [2.75, 3.05) is 5.75 Å². The van der Waals surface area contributed by atoms with Gasteiger partial charge >= 0.3 is 0 Å². The Kier molecular flexibility index (Phi) is 3.58. The SMILES string of the molecule is O=Cc1c(O)cccc1C=CCS. The van der Waals surface area contributed by atoms with Crippen molar-refractivity contribution in [2.45, 2.75) is 0 Å². The van der Waals surface area contributed by atoms with Crippen LogP contribution in [0.15, 0.2) is 24.3 Å². The van der Waals surface area contributed by atoms with E-state index in [-0.39, 0.29) is 5.75 Å². The van der Waals surface area contributed by atoms with Gasteiger partial charge in [-0.3, -0.25) is 4.79 Å². The maximum absolute atomic E-state index is 10.6. The van der Waals surface area contributed by atoms with Gasteiger partial charge in [-0.15, -0.1) is 0 Å². The van der Waals surface area contributed by atoms with Gasteiger partial charge in [-0.1, -0.05) is 24.3 Å². The third kappa shape index (κ3) is 2.36. The van der Waals surface area contributed by atoms with Crippen LogP contribution in [-0.4, -0.2) is 17.1 Å². The second kappa shape index (κ2) is 4.72. The molecule has 68 valence electrons. The number of phenolic OH excluding ortho intramolecular Hbond substituents is 1. The summed E-state index contributed by atoms with van der Waals surface area (Å²) >= 11 is 4.00. The van der Waals surface area contributed by atoms with Crippen LogP contribution in [0.1, 0.15) is 15.9 Å². The molecule has 0 aliphatic carbocycles. The lowest BCUT2D eigenvalue weighted by molar-refractivity contribution is 0.112. The Labute approximate surface area is 82.3 Å². The van der Waals surface area contributed by atoms with Gasteiger partial charge in [0.2, 0.25) is 0 Å². The minimum absolute atomic E-state index is 0.0105. The fourth-order valence-corrected chi connectivity index (χ4v) is 1.13. The molecule has 1 aromatic carbocycles. The van der Waals surface area contributed by atoms with E-state index < -0.39 is 0 Å². The van der Waals surface area contributed by atoms with Crippen LogP contribution < -0.4 is 0 Å². The molecule has 0 fully saturated rings. The first-order valence-electron chi connectivity index (χ1n) is 3.84. The van der Waals surface area contributed by atoms with Crippen LogP contribution in [0.3, 0.4) is 0 Å². The molecule has 2 nitrogen and oxygen atoms in total. The smallest absolute Gasteiger partial charge is 0.154 e. The number of carbonyl (C=O) groups is 1. The lowest BCUT2D eigenvalue weighted by Crippen LogP contribution is -1.86. The molecule has 0 bridgehead atoms. The summed E-state index contributed by atoms with van der Waals surface area (Å²) in [6.07, 6.45) is 4.22. The van der Waals surface area contributed by atoms with E-state index in [0.29, 0.717) is 23.2 Å². The van der Waals surface area contributed by atoms with Crippen molar-refractivity contribution in [3.05, 3.63) is 35.4 Å². The zero-order valence-corrected chi connectivity index (χ0v) is 7.87. The zero-order valence-electron chi connectivity index (χ0n) is 6.97. The van der Waals surface area contributed by atoms with E-state index in [0.717, 1.165) is 0 Å². The summed E-state index contributed by atoms with van der Waals surface area (Å²) in [6.45, 7) is 0. The van der Waals surface area contributed by atoms with Gasteiger partial charge in [-0.2, -0.15) is 12.6 Å². The highest BCUT2D eigenvalue weighted by atomic mass is 32.1. The van der Waals surface area contributed by atoms with Gasteiger partial charge in [0.25, 0.3) is 0 Å². The topological polar surface area (TPSA) is 37.3 Å². The van der Waals surface area contributed by atoms with E-state index in [9.17, 15) is 9.90 Å². The third-order valence-corrected chi connectivity index (χ3v) is 1.85. The van der Waals surface area contributed by atoms with Gasteiger partial charge in [0.15, 0.2) is 6.29 Å². The summed E-state index contributed by atoms with van der Waals surface area (Å²) in [5.41, 5.74) is 1.03. The summed E-state index contributed by atoms with van der Waals surface area (Å²) in [4.78, 5) is 10.6. The van der Waals surface area contributed by atoms with Gasteiger partial charge in [0, 0.05) is 5.75 Å². The Bertz CT molecular complexity index is 332. The van der Waals surface area contributed by atoms with Gasteiger partial charge in [-0.05, 0) is 11.6 Å². The van der Waals surface area contributed by atoms with Gasteiger partial charge in [0.05, 0.1) is 5.56 Å². The third-order valence-electron chi connectivity index (χ3n) is 1.64. The number of aldehydes is 1. The van der Waals surface area contributed by atoms with Crippen molar-refractivity contribution < 1.29 is 9.90 Å². The van der Waals surface area contributed by atoms with E-state index in [4.69, 9.17) is 0 Å². The summed E-state index contributed by atoms with van der Waals surface area (Å²) < 4.78 is 0. The number of rotatable bonds is 3. The van der Waals surface area contributed by atoms with E-state index in [1.165, 1.54) is 6.07 Å². The summed E-state index contributed by atoms with van der Waals surface area (Å²) in [5, 5.41) is 9.31. The van der Waals surface area contributed by atoms with Crippen molar-refractivity contribution in [1.82, 2.24) is 0 Å². The van der Waals surface area contributed by atoms with Crippen LogP contribution in [0.25, 0.3) is 6.08 Å². The molecule has 1 N–H and O–H groups in total. The summed E-state index contributed by atoms with van der Waals surface area (Å²) in [5.74, 6) is 0.616. The Morgan fingerprint density at radius 2 is 2.23 bits per heavy atom. The van der Waals surface area contributed by atoms with Crippen LogP contribution >= 0.6 is 12.6 Å². The number of hydrogen-bond donors (Lipinski definition) is 2. The maximum Gasteiger partial charge on any atom is 0.154 e. The number of thiol groups is 1. The fraction of sp³-hybridized carbons (Fsp3) is 0.100. The second-order valence-electron chi connectivity index (χ2n) is 2.48. The Morgan fingerprint density at radius 1 is 1.46 bits per heavy atom. The molecular weight excluding hydrogens is 184 g/mol. The summed E-state index contributed by atoms with van der Waals surface area (Å²) in [6, 6.07) is 4.95. The standard InChI is InChI=1S/C10H10O2S/c11-7-9-8(4-2-6-13)3-1-5-10(9)12/h1-5,7,12-13H,6H2. The molecule has 0 spiro atoms. The Hall–Kier alpha value is -1.22. The molecule has 1 rings (SSSR count). The summed E-state index contributed by atoms with van der Waals surface area (Å²) in [7, 11) is 0. The molecule has 0 saturated heterocycles. The molecule has 3 heteroatoms. The predicted octanol–water partition coefficient (Wildman–Crippen LogP) is 2.15. The van der Waals surface area contributed by atoms with Crippen molar-refractivity contribution in [1.29, 1.82) is 0 Å². The minimum atomic E-state index is 0.0105. The number of carbonyl (C=O) groups excluding carboxylic acids is 1. The second-order valence-corrected chi connectivity index (χ2v) is 2.85. The normalized spacial score (nSPS) is 10.5. The average molecular weight is 194 g/mol. The lowest BCUT2D eigenvalue weighted by Gasteiger charge is -2.00. The van der Waals surface area contributed by atoms with Gasteiger partial charge < -0.3 is 5.11 Å². The first-order chi connectivity index (χ1) is 6.29. The molecule has 0 aliphatic rings. The van der Waals surface area contributed by atoms with E-state index in [1.54, 1.807) is 18.2 Å². The Balaban J connectivity index is 3.12. The van der Waals surface area contributed by atoms with Crippen molar-refractivity contribution in [2.24, 2.45) is 0 Å². The van der Waals surface area contributed by atoms with Crippen LogP contribution in [0.2, 0.25) is 0 Å². The van der Waals surface area contributed by atoms with E-state index >= 15 is 0 Å². The fourth-order valence-electron chi connectivity index (χ4n) is 1.02. The molecule has 0 radical (unpaired) electrons. The number of benzene rings is 1. The van der Waals surface area contributed by atoms with Crippen molar-refractivity contribution in [3.8, 4) is 5.75 Å². The molecule has 0 unspecified atom stereocenters. The van der Waals surface area contributed by atoms with Crippen LogP contribution in [0, 0.1) is 0 Å². The van der Waals surface area contributed by atoms with Gasteiger partial charge in [-0.25, -0.2) is 0 Å². The zero-order chi connectivity index (χ0) is 9.68. The van der Waals surface area contributed by atoms with Gasteiger partial charge in [0.1, 0.15) is 5.75 Å². The number of phenols is 1. The quantitative estimate of drug-likeness (QED) is 0.571. The first kappa shape index (κ1) is 9.86. The molecular formula is C10H10O2S. The predicted molar refractivity (Wildman–Crippen MR) is 56.4 cm³/mol. The van der Waals surface area contributed by atoms with E-state index in [1.807, 2.05) is 6.08 Å². The highest BCUT2D eigenvalue weighted by Crippen LogP contribution is 2.19. The van der Waals surface area contributed by atoms with Crippen LogP contribution in [-0.2, 0) is 0 Å². The highest BCUT2D eigenvalue weighted by molar-refractivity contribution is 7.80. The molecule has 1 aromatic rings. The molecule has 0 atom stereocenters. The van der Waals surface area contributed by atoms with Crippen molar-refractivity contribution in [3.63, 3.8) is 0 Å². The molecule has 0 amide bonds.